The Morgan fingerprint density at radius 3 is 2.61 bits per heavy atom. The van der Waals surface area contributed by atoms with E-state index in [0.717, 1.165) is 0 Å². The second-order valence-corrected chi connectivity index (χ2v) is 9.20. The first-order chi connectivity index (χ1) is 18.2. The topological polar surface area (TPSA) is 164 Å². The Balaban J connectivity index is 1.95. The minimum absolute atomic E-state index is 0.0833. The van der Waals surface area contributed by atoms with Gasteiger partial charge in [-0.15, -0.1) is 0 Å². The molecule has 0 aliphatic carbocycles. The molecule has 1 aliphatic heterocycles. The molecule has 1 unspecified atom stereocenters. The van der Waals surface area contributed by atoms with Gasteiger partial charge < -0.3 is 15.0 Å². The fraction of sp³-hybridized carbons (Fsp3) is 0.231. The number of aromatic amines is 1. The van der Waals surface area contributed by atoms with Crippen molar-refractivity contribution in [2.45, 2.75) is 19.9 Å². The highest BCUT2D eigenvalue weighted by atomic mass is 35.5. The molecule has 11 nitrogen and oxygen atoms in total. The number of nitrogens with two attached hydrogens (primary N) is 1. The normalized spacial score (nSPS) is 16.6. The van der Waals surface area contributed by atoms with Crippen LogP contribution in [0.5, 0.6) is 5.88 Å². The molecule has 38 heavy (non-hydrogen) atoms. The molecular formula is C26H26ClN8O3+. The van der Waals surface area contributed by atoms with Gasteiger partial charge in [-0.1, -0.05) is 37.6 Å². The molecule has 0 radical (unpaired) electrons. The number of anilines is 2. The third kappa shape index (κ3) is 4.87. The van der Waals surface area contributed by atoms with Crippen molar-refractivity contribution in [2.24, 2.45) is 5.92 Å². The lowest BCUT2D eigenvalue weighted by molar-refractivity contribution is -0.526. The molecule has 1 amide bonds. The van der Waals surface area contributed by atoms with E-state index in [4.69, 9.17) is 21.7 Å². The van der Waals surface area contributed by atoms with Crippen molar-refractivity contribution in [2.75, 3.05) is 24.4 Å². The fourth-order valence-electron chi connectivity index (χ4n) is 4.31. The number of ether oxygens (including phenoxy) is 1. The number of amides is 1. The largest absolute Gasteiger partial charge is 0.477 e. The highest BCUT2D eigenvalue weighted by Crippen LogP contribution is 2.41. The lowest BCUT2D eigenvalue weighted by Gasteiger charge is -2.26. The van der Waals surface area contributed by atoms with Crippen molar-refractivity contribution in [1.29, 1.82) is 10.7 Å². The van der Waals surface area contributed by atoms with Crippen LogP contribution in [-0.4, -0.2) is 40.7 Å². The second kappa shape index (κ2) is 10.8. The molecule has 1 aliphatic rings. The minimum atomic E-state index is -0.734. The SMILES string of the molecule is CNc1ncc([NH2+]C(=C2C(=N)C(=O)N(c3c[nH]c(=O)c(Cl)c3)C2c2ccc(C#N)cc2)C(C)C)c(OC)n1. The summed E-state index contributed by atoms with van der Waals surface area (Å²) < 4.78 is 5.48. The average molecular weight is 534 g/mol. The van der Waals surface area contributed by atoms with Crippen LogP contribution in [0.2, 0.25) is 5.02 Å². The summed E-state index contributed by atoms with van der Waals surface area (Å²) in [7, 11) is 3.20. The second-order valence-electron chi connectivity index (χ2n) is 8.80. The summed E-state index contributed by atoms with van der Waals surface area (Å²) in [6.07, 6.45) is 3.00. The molecule has 0 bridgehead atoms. The van der Waals surface area contributed by atoms with Crippen molar-refractivity contribution in [3.63, 3.8) is 0 Å². The number of allylic oxidation sites excluding steroid dienone is 1. The zero-order valence-electron chi connectivity index (χ0n) is 21.2. The first kappa shape index (κ1) is 26.5. The van der Waals surface area contributed by atoms with Gasteiger partial charge in [0.2, 0.25) is 11.6 Å². The molecule has 0 saturated carbocycles. The van der Waals surface area contributed by atoms with Crippen molar-refractivity contribution >= 4 is 40.5 Å². The number of carbonyl (C=O) groups is 1. The van der Waals surface area contributed by atoms with Crippen LogP contribution in [-0.2, 0) is 4.79 Å². The molecule has 3 heterocycles. The van der Waals surface area contributed by atoms with Gasteiger partial charge in [-0.05, 0) is 23.8 Å². The molecule has 2 aromatic heterocycles. The van der Waals surface area contributed by atoms with Gasteiger partial charge in [0.25, 0.3) is 17.3 Å². The molecule has 4 rings (SSSR count). The monoisotopic (exact) mass is 533 g/mol. The number of methoxy groups -OCH3 is 1. The number of hydrogen-bond acceptors (Lipinski definition) is 8. The van der Waals surface area contributed by atoms with Gasteiger partial charge in [0.1, 0.15) is 16.4 Å². The summed E-state index contributed by atoms with van der Waals surface area (Å²) in [5, 5.41) is 22.8. The number of pyridine rings is 1. The Kier molecular flexibility index (Phi) is 7.57. The molecule has 5 N–H and O–H groups in total. The van der Waals surface area contributed by atoms with Crippen LogP contribution >= 0.6 is 11.6 Å². The summed E-state index contributed by atoms with van der Waals surface area (Å²) in [5.41, 5.74) is 2.52. The average Bonchev–Trinajstić information content (AvgIpc) is 3.18. The Bertz CT molecular complexity index is 1540. The van der Waals surface area contributed by atoms with Crippen LogP contribution in [0.25, 0.3) is 0 Å². The van der Waals surface area contributed by atoms with E-state index < -0.39 is 17.5 Å². The third-order valence-electron chi connectivity index (χ3n) is 6.15. The maximum absolute atomic E-state index is 13.6. The first-order valence-electron chi connectivity index (χ1n) is 11.7. The highest BCUT2D eigenvalue weighted by Gasteiger charge is 2.46. The number of hydrogen-bond donors (Lipinski definition) is 4. The Morgan fingerprint density at radius 1 is 1.32 bits per heavy atom. The molecule has 1 atom stereocenters. The van der Waals surface area contributed by atoms with E-state index in [2.05, 4.69) is 26.3 Å². The standard InChI is InChI=1S/C26H25ClN8O3/c1-13(2)21(33-18-12-32-26(30-3)34-24(18)38-4)19-20(29)25(37)35(16-9-17(27)23(36)31-11-16)22(19)15-7-5-14(10-28)6-8-15/h5-9,11-13,22,29,33H,1-4H3,(H,31,36)(H,30,32,34)/p+1. The number of quaternary nitrogens is 1. The van der Waals surface area contributed by atoms with E-state index in [0.29, 0.717) is 45.6 Å². The lowest BCUT2D eigenvalue weighted by atomic mass is 9.92. The fourth-order valence-corrected chi connectivity index (χ4v) is 4.48. The van der Waals surface area contributed by atoms with Crippen LogP contribution in [0.1, 0.15) is 31.0 Å². The maximum atomic E-state index is 13.6. The first-order valence-corrected chi connectivity index (χ1v) is 12.1. The van der Waals surface area contributed by atoms with Crippen LogP contribution < -0.4 is 25.8 Å². The minimum Gasteiger partial charge on any atom is -0.477 e. The van der Waals surface area contributed by atoms with Gasteiger partial charge in [0, 0.05) is 19.2 Å². The zero-order chi connectivity index (χ0) is 27.6. The van der Waals surface area contributed by atoms with Crippen LogP contribution in [0, 0.1) is 22.7 Å². The summed E-state index contributed by atoms with van der Waals surface area (Å²) >= 11 is 6.10. The van der Waals surface area contributed by atoms with Crippen molar-refractivity contribution < 1.29 is 14.8 Å². The molecule has 3 aromatic rings. The maximum Gasteiger partial charge on any atom is 0.281 e. The van der Waals surface area contributed by atoms with Crippen molar-refractivity contribution in [3.8, 4) is 11.9 Å². The highest BCUT2D eigenvalue weighted by molar-refractivity contribution is 6.52. The van der Waals surface area contributed by atoms with Crippen molar-refractivity contribution in [3.05, 3.63) is 80.5 Å². The molecule has 1 fully saturated rings. The Labute approximate surface area is 223 Å². The zero-order valence-corrected chi connectivity index (χ0v) is 21.9. The molecule has 1 aromatic carbocycles. The van der Waals surface area contributed by atoms with E-state index >= 15 is 0 Å². The van der Waals surface area contributed by atoms with E-state index in [1.54, 1.807) is 37.5 Å². The van der Waals surface area contributed by atoms with E-state index in [-0.39, 0.29) is 16.7 Å². The summed E-state index contributed by atoms with van der Waals surface area (Å²) in [6, 6.07) is 9.57. The number of benzene rings is 1. The number of halogens is 1. The van der Waals surface area contributed by atoms with Gasteiger partial charge in [0.15, 0.2) is 0 Å². The third-order valence-corrected chi connectivity index (χ3v) is 6.43. The number of aromatic nitrogens is 3. The lowest BCUT2D eigenvalue weighted by Crippen LogP contribution is -2.77. The van der Waals surface area contributed by atoms with Gasteiger partial charge in [-0.3, -0.25) is 25.2 Å². The van der Waals surface area contributed by atoms with Gasteiger partial charge in [-0.2, -0.15) is 10.2 Å². The van der Waals surface area contributed by atoms with Gasteiger partial charge >= 0.3 is 0 Å². The predicted octanol–water partition coefficient (Wildman–Crippen LogP) is 2.65. The van der Waals surface area contributed by atoms with Crippen LogP contribution in [0.15, 0.2) is 58.8 Å². The summed E-state index contributed by atoms with van der Waals surface area (Å²) in [5.74, 6) is 0.0425. The summed E-state index contributed by atoms with van der Waals surface area (Å²) in [6.45, 7) is 3.92. The smallest absolute Gasteiger partial charge is 0.281 e. The quantitative estimate of drug-likeness (QED) is 0.362. The molecule has 0 spiro atoms. The number of rotatable bonds is 7. The molecule has 12 heteroatoms. The summed E-state index contributed by atoms with van der Waals surface area (Å²) in [4.78, 5) is 38.1. The number of nitriles is 1. The molecular weight excluding hydrogens is 508 g/mol. The van der Waals surface area contributed by atoms with Crippen LogP contribution in [0.4, 0.5) is 17.3 Å². The molecule has 194 valence electrons. The number of H-pyrrole nitrogens is 1. The predicted molar refractivity (Wildman–Crippen MR) is 143 cm³/mol. The Hall–Kier alpha value is -4.53. The van der Waals surface area contributed by atoms with Crippen LogP contribution in [0.3, 0.4) is 0 Å². The van der Waals surface area contributed by atoms with Crippen molar-refractivity contribution in [1.82, 2.24) is 15.0 Å². The number of nitrogens with zero attached hydrogens (tertiary/aromatic N) is 4. The number of nitrogens with one attached hydrogen (secondary N) is 3. The van der Waals surface area contributed by atoms with Gasteiger partial charge in [0.05, 0.1) is 42.2 Å². The van der Waals surface area contributed by atoms with Gasteiger partial charge in [-0.25, -0.2) is 4.98 Å². The van der Waals surface area contributed by atoms with E-state index in [1.165, 1.54) is 24.3 Å². The van der Waals surface area contributed by atoms with E-state index in [9.17, 15) is 14.9 Å². The number of carbonyl (C=O) groups excluding carboxylic acids is 1. The molecule has 1 saturated heterocycles. The Morgan fingerprint density at radius 2 is 2.03 bits per heavy atom. The van der Waals surface area contributed by atoms with E-state index in [1.807, 2.05) is 19.2 Å².